The maximum absolute atomic E-state index is 4.61. The van der Waals surface area contributed by atoms with E-state index in [9.17, 15) is 0 Å². The summed E-state index contributed by atoms with van der Waals surface area (Å²) in [5, 5.41) is 0. The van der Waals surface area contributed by atoms with Crippen LogP contribution in [0.15, 0.2) is 59.7 Å². The van der Waals surface area contributed by atoms with Crippen molar-refractivity contribution in [3.63, 3.8) is 0 Å². The van der Waals surface area contributed by atoms with Crippen LogP contribution >= 0.6 is 11.5 Å². The Labute approximate surface area is 127 Å². The van der Waals surface area contributed by atoms with Crippen LogP contribution in [0.2, 0.25) is 0 Å². The van der Waals surface area contributed by atoms with Crippen molar-refractivity contribution >= 4 is 17.4 Å². The molecule has 1 aromatic carbocycles. The van der Waals surface area contributed by atoms with Gasteiger partial charge in [-0.05, 0) is 17.7 Å². The Kier molecular flexibility index (Phi) is 4.21. The van der Waals surface area contributed by atoms with E-state index in [-0.39, 0.29) is 0 Å². The molecular weight excluding hydrogens is 280 g/mol. The third-order valence-corrected chi connectivity index (χ3v) is 3.91. The minimum atomic E-state index is 0.714. The molecule has 0 spiro atoms. The van der Waals surface area contributed by atoms with Gasteiger partial charge in [0.25, 0.3) is 0 Å². The summed E-state index contributed by atoms with van der Waals surface area (Å²) in [4.78, 5) is 9.75. The van der Waals surface area contributed by atoms with Crippen LogP contribution in [0.25, 0.3) is 0 Å². The lowest BCUT2D eigenvalue weighted by atomic mass is 10.2. The first-order valence-electron chi connectivity index (χ1n) is 6.92. The van der Waals surface area contributed by atoms with Gasteiger partial charge in [-0.25, -0.2) is 4.98 Å². The summed E-state index contributed by atoms with van der Waals surface area (Å²) >= 11 is 1.42. The zero-order valence-electron chi connectivity index (χ0n) is 11.8. The van der Waals surface area contributed by atoms with Crippen molar-refractivity contribution < 1.29 is 0 Å². The maximum Gasteiger partial charge on any atom is 0.211 e. The maximum atomic E-state index is 4.61. The summed E-state index contributed by atoms with van der Waals surface area (Å²) in [6, 6.07) is 16.1. The molecule has 21 heavy (non-hydrogen) atoms. The quantitative estimate of drug-likeness (QED) is 0.742. The Morgan fingerprint density at radius 3 is 2.62 bits per heavy atom. The van der Waals surface area contributed by atoms with Crippen LogP contribution < -0.4 is 4.80 Å². The molecule has 106 valence electrons. The molecule has 0 saturated carbocycles. The lowest BCUT2D eigenvalue weighted by Crippen LogP contribution is -2.18. The van der Waals surface area contributed by atoms with Gasteiger partial charge in [0.05, 0.1) is 6.54 Å². The number of aryl methyl sites for hydroxylation is 1. The predicted molar refractivity (Wildman–Crippen MR) is 84.5 cm³/mol. The van der Waals surface area contributed by atoms with Gasteiger partial charge >= 0.3 is 0 Å². The minimum absolute atomic E-state index is 0.714. The molecule has 2 heterocycles. The van der Waals surface area contributed by atoms with Gasteiger partial charge in [-0.15, -0.1) is 0 Å². The molecule has 0 unspecified atom stereocenters. The van der Waals surface area contributed by atoms with Gasteiger partial charge in [-0.1, -0.05) is 43.3 Å². The van der Waals surface area contributed by atoms with Crippen molar-refractivity contribution in [1.29, 1.82) is 0 Å². The first kappa shape index (κ1) is 13.7. The van der Waals surface area contributed by atoms with Gasteiger partial charge in [-0.2, -0.15) is 9.37 Å². The molecular formula is C16H16N4S. The molecule has 0 bridgehead atoms. The fourth-order valence-electron chi connectivity index (χ4n) is 2.08. The minimum Gasteiger partial charge on any atom is -0.299 e. The van der Waals surface area contributed by atoms with Crippen LogP contribution in [0.1, 0.15) is 18.3 Å². The highest BCUT2D eigenvalue weighted by atomic mass is 32.1. The predicted octanol–water partition coefficient (Wildman–Crippen LogP) is 3.18. The molecule has 0 atom stereocenters. The summed E-state index contributed by atoms with van der Waals surface area (Å²) in [5.41, 5.74) is 1.25. The smallest absolute Gasteiger partial charge is 0.211 e. The van der Waals surface area contributed by atoms with Gasteiger partial charge in [0, 0.05) is 24.2 Å². The van der Waals surface area contributed by atoms with Crippen LogP contribution in [-0.4, -0.2) is 13.9 Å². The Balaban J connectivity index is 2.02. The van der Waals surface area contributed by atoms with E-state index in [4.69, 9.17) is 0 Å². The average Bonchev–Trinajstić information content (AvgIpc) is 2.91. The first-order chi connectivity index (χ1) is 10.4. The van der Waals surface area contributed by atoms with Gasteiger partial charge < -0.3 is 0 Å². The lowest BCUT2D eigenvalue weighted by Gasteiger charge is -2.06. The lowest BCUT2D eigenvalue weighted by molar-refractivity contribution is 0.702. The highest BCUT2D eigenvalue weighted by molar-refractivity contribution is 7.02. The summed E-state index contributed by atoms with van der Waals surface area (Å²) in [6.45, 7) is 2.90. The van der Waals surface area contributed by atoms with Crippen molar-refractivity contribution in [2.75, 3.05) is 0 Å². The highest BCUT2D eigenvalue weighted by Crippen LogP contribution is 2.08. The average molecular weight is 296 g/mol. The molecule has 0 aliphatic carbocycles. The fraction of sp³-hybridized carbons (Fsp3) is 0.188. The first-order valence-corrected chi connectivity index (χ1v) is 7.69. The topological polar surface area (TPSA) is 43.1 Å². The molecule has 4 nitrogen and oxygen atoms in total. The molecule has 0 aliphatic heterocycles. The summed E-state index contributed by atoms with van der Waals surface area (Å²) in [5.74, 6) is 1.77. The van der Waals surface area contributed by atoms with Crippen molar-refractivity contribution in [3.8, 4) is 0 Å². The van der Waals surface area contributed by atoms with E-state index < -0.39 is 0 Å². The van der Waals surface area contributed by atoms with E-state index in [2.05, 4.69) is 50.1 Å². The monoisotopic (exact) mass is 296 g/mol. The Hall–Kier alpha value is -2.27. The van der Waals surface area contributed by atoms with Crippen molar-refractivity contribution in [2.45, 2.75) is 19.9 Å². The molecule has 5 heteroatoms. The number of rotatable bonds is 4. The molecule has 0 radical (unpaired) electrons. The number of aromatic nitrogens is 3. The van der Waals surface area contributed by atoms with Crippen molar-refractivity contribution in [1.82, 2.24) is 13.9 Å². The molecule has 0 fully saturated rings. The number of nitrogens with zero attached hydrogens (tertiary/aromatic N) is 4. The Morgan fingerprint density at radius 2 is 1.90 bits per heavy atom. The number of hydrogen-bond donors (Lipinski definition) is 0. The summed E-state index contributed by atoms with van der Waals surface area (Å²) < 4.78 is 6.67. The molecule has 0 saturated heterocycles. The standard InChI is InChI=1S/C16H16N4S/c1-2-15-19-21-16(18-14-10-6-7-11-17-14)20(15)12-13-8-4-3-5-9-13/h3-11H,2,12H2,1H3/b18-16+. The van der Waals surface area contributed by atoms with Crippen LogP contribution in [0.4, 0.5) is 5.82 Å². The van der Waals surface area contributed by atoms with Gasteiger partial charge in [0.2, 0.25) is 4.80 Å². The molecule has 0 amide bonds. The molecule has 3 aromatic rings. The number of hydrogen-bond acceptors (Lipinski definition) is 4. The van der Waals surface area contributed by atoms with E-state index in [0.717, 1.165) is 23.6 Å². The van der Waals surface area contributed by atoms with Crippen molar-refractivity contribution in [2.24, 2.45) is 4.99 Å². The third-order valence-electron chi connectivity index (χ3n) is 3.13. The van der Waals surface area contributed by atoms with Crippen LogP contribution in [0, 0.1) is 0 Å². The van der Waals surface area contributed by atoms with Gasteiger partial charge in [0.1, 0.15) is 5.82 Å². The van der Waals surface area contributed by atoms with E-state index in [0.29, 0.717) is 5.82 Å². The summed E-state index contributed by atoms with van der Waals surface area (Å²) in [7, 11) is 0. The van der Waals surface area contributed by atoms with Gasteiger partial charge in [-0.3, -0.25) is 4.57 Å². The Morgan fingerprint density at radius 1 is 1.10 bits per heavy atom. The second kappa shape index (κ2) is 6.45. The van der Waals surface area contributed by atoms with Crippen LogP contribution in [0.3, 0.4) is 0 Å². The largest absolute Gasteiger partial charge is 0.299 e. The van der Waals surface area contributed by atoms with Crippen molar-refractivity contribution in [3.05, 3.63) is 70.9 Å². The second-order valence-corrected chi connectivity index (χ2v) is 5.34. The Bertz CT molecular complexity index is 760. The molecule has 2 aromatic heterocycles. The summed E-state index contributed by atoms with van der Waals surface area (Å²) in [6.07, 6.45) is 2.64. The van der Waals surface area contributed by atoms with Crippen LogP contribution in [0.5, 0.6) is 0 Å². The molecule has 0 aliphatic rings. The van der Waals surface area contributed by atoms with E-state index in [1.807, 2.05) is 24.3 Å². The fourth-order valence-corrected chi connectivity index (χ4v) is 2.90. The molecule has 0 N–H and O–H groups in total. The zero-order valence-corrected chi connectivity index (χ0v) is 12.6. The second-order valence-electron chi connectivity index (χ2n) is 4.61. The van der Waals surface area contributed by atoms with E-state index in [1.165, 1.54) is 17.1 Å². The van der Waals surface area contributed by atoms with Gasteiger partial charge in [0.15, 0.2) is 5.82 Å². The third kappa shape index (κ3) is 3.25. The number of benzene rings is 1. The number of pyridine rings is 1. The SMILES string of the molecule is CCc1ns/c(=N/c2ccccn2)n1Cc1ccccc1. The highest BCUT2D eigenvalue weighted by Gasteiger charge is 2.06. The zero-order chi connectivity index (χ0) is 14.5. The molecule has 3 rings (SSSR count). The van der Waals surface area contributed by atoms with E-state index in [1.54, 1.807) is 6.20 Å². The van der Waals surface area contributed by atoms with E-state index >= 15 is 0 Å². The normalized spacial score (nSPS) is 11.8. The van der Waals surface area contributed by atoms with Crippen LogP contribution in [-0.2, 0) is 13.0 Å².